The Balaban J connectivity index is 2.02. The summed E-state index contributed by atoms with van der Waals surface area (Å²) in [6.45, 7) is 9.14. The van der Waals surface area contributed by atoms with E-state index in [4.69, 9.17) is 4.74 Å². The minimum Gasteiger partial charge on any atom is -0.381 e. The minimum atomic E-state index is 0.744. The third-order valence-electron chi connectivity index (χ3n) is 4.13. The van der Waals surface area contributed by atoms with Gasteiger partial charge in [0.2, 0.25) is 0 Å². The molecule has 4 heteroatoms. The summed E-state index contributed by atoms with van der Waals surface area (Å²) in [6.07, 6.45) is 5.54. The minimum absolute atomic E-state index is 0.744. The molecule has 1 aliphatic rings. The number of ether oxygens (including phenoxy) is 1. The Kier molecular flexibility index (Phi) is 6.46. The normalized spacial score (nSPS) is 16.1. The highest BCUT2D eigenvalue weighted by Gasteiger charge is 2.17. The zero-order valence-electron chi connectivity index (χ0n) is 13.7. The number of pyridine rings is 1. The molecule has 0 aliphatic carbocycles. The lowest BCUT2D eigenvalue weighted by Gasteiger charge is -2.30. The molecule has 1 aromatic heterocycles. The molecule has 0 unspecified atom stereocenters. The van der Waals surface area contributed by atoms with E-state index in [9.17, 15) is 0 Å². The van der Waals surface area contributed by atoms with Gasteiger partial charge in [0.15, 0.2) is 0 Å². The van der Waals surface area contributed by atoms with Crippen LogP contribution >= 0.6 is 0 Å². The van der Waals surface area contributed by atoms with Gasteiger partial charge in [-0.1, -0.05) is 6.92 Å². The predicted octanol–water partition coefficient (Wildman–Crippen LogP) is 2.75. The number of anilines is 1. The number of aryl methyl sites for hydroxylation is 1. The highest BCUT2D eigenvalue weighted by molar-refractivity contribution is 5.53. The molecule has 0 amide bonds. The molecule has 1 fully saturated rings. The number of hydrogen-bond acceptors (Lipinski definition) is 4. The van der Waals surface area contributed by atoms with Crippen molar-refractivity contribution in [1.29, 1.82) is 0 Å². The second-order valence-corrected chi connectivity index (χ2v) is 6.07. The van der Waals surface area contributed by atoms with E-state index in [2.05, 4.69) is 42.2 Å². The molecule has 0 saturated carbocycles. The van der Waals surface area contributed by atoms with E-state index in [1.165, 1.54) is 24.1 Å². The zero-order valence-corrected chi connectivity index (χ0v) is 13.7. The van der Waals surface area contributed by atoms with Crippen molar-refractivity contribution in [1.82, 2.24) is 10.3 Å². The molecule has 21 heavy (non-hydrogen) atoms. The first-order valence-corrected chi connectivity index (χ1v) is 8.15. The van der Waals surface area contributed by atoms with E-state index in [0.717, 1.165) is 50.9 Å². The monoisotopic (exact) mass is 291 g/mol. The van der Waals surface area contributed by atoms with Crippen molar-refractivity contribution >= 4 is 5.69 Å². The van der Waals surface area contributed by atoms with Gasteiger partial charge in [0.1, 0.15) is 0 Å². The van der Waals surface area contributed by atoms with Crippen molar-refractivity contribution in [2.45, 2.75) is 39.7 Å². The molecule has 0 spiro atoms. The number of aromatic nitrogens is 1. The highest BCUT2D eigenvalue weighted by atomic mass is 16.5. The number of rotatable bonds is 7. The van der Waals surface area contributed by atoms with E-state index in [0.29, 0.717) is 0 Å². The van der Waals surface area contributed by atoms with Crippen molar-refractivity contribution in [3.05, 3.63) is 23.5 Å². The molecule has 4 nitrogen and oxygen atoms in total. The molecule has 1 N–H and O–H groups in total. The van der Waals surface area contributed by atoms with Gasteiger partial charge in [0.05, 0.1) is 0 Å². The molecule has 0 atom stereocenters. The van der Waals surface area contributed by atoms with Gasteiger partial charge in [0.25, 0.3) is 0 Å². The fourth-order valence-electron chi connectivity index (χ4n) is 2.88. The quantitative estimate of drug-likeness (QED) is 0.784. The van der Waals surface area contributed by atoms with E-state index in [1.807, 2.05) is 6.20 Å². The van der Waals surface area contributed by atoms with Gasteiger partial charge in [-0.15, -0.1) is 0 Å². The maximum absolute atomic E-state index is 5.46. The Morgan fingerprint density at radius 2 is 2.14 bits per heavy atom. The van der Waals surface area contributed by atoms with Crippen LogP contribution in [0.2, 0.25) is 0 Å². The van der Waals surface area contributed by atoms with Crippen LogP contribution in [-0.2, 0) is 11.3 Å². The van der Waals surface area contributed by atoms with Gasteiger partial charge in [-0.05, 0) is 44.7 Å². The summed E-state index contributed by atoms with van der Waals surface area (Å²) in [6, 6.07) is 2.21. The first-order valence-electron chi connectivity index (χ1n) is 8.15. The maximum atomic E-state index is 5.46. The molecule has 1 saturated heterocycles. The van der Waals surface area contributed by atoms with Gasteiger partial charge < -0.3 is 15.0 Å². The molecule has 0 aromatic carbocycles. The van der Waals surface area contributed by atoms with Crippen LogP contribution in [0.15, 0.2) is 12.3 Å². The highest BCUT2D eigenvalue weighted by Crippen LogP contribution is 2.23. The Bertz CT molecular complexity index is 430. The summed E-state index contributed by atoms with van der Waals surface area (Å²) < 4.78 is 5.46. The van der Waals surface area contributed by atoms with Crippen LogP contribution in [0, 0.1) is 12.8 Å². The van der Waals surface area contributed by atoms with Crippen molar-refractivity contribution in [3.8, 4) is 0 Å². The van der Waals surface area contributed by atoms with Crippen LogP contribution in [0.5, 0.6) is 0 Å². The number of nitrogens with one attached hydrogen (secondary N) is 1. The molecular weight excluding hydrogens is 262 g/mol. The molecular formula is C17H29N3O. The summed E-state index contributed by atoms with van der Waals surface area (Å²) in [5.41, 5.74) is 3.70. The summed E-state index contributed by atoms with van der Waals surface area (Å²) in [5, 5.41) is 3.48. The molecule has 118 valence electrons. The van der Waals surface area contributed by atoms with Gasteiger partial charge in [-0.3, -0.25) is 4.98 Å². The van der Waals surface area contributed by atoms with Gasteiger partial charge in [-0.2, -0.15) is 0 Å². The van der Waals surface area contributed by atoms with Crippen LogP contribution in [0.25, 0.3) is 0 Å². The Labute approximate surface area is 128 Å². The first kappa shape index (κ1) is 16.2. The lowest BCUT2D eigenvalue weighted by atomic mass is 9.99. The Morgan fingerprint density at radius 3 is 2.86 bits per heavy atom. The van der Waals surface area contributed by atoms with Crippen molar-refractivity contribution in [3.63, 3.8) is 0 Å². The standard InChI is InChI=1S/C17H29N3O/c1-4-7-18-11-16-12-19-14(2)10-17(16)20(3)13-15-5-8-21-9-6-15/h10,12,15,18H,4-9,11,13H2,1-3H3. The average molecular weight is 291 g/mol. The second-order valence-electron chi connectivity index (χ2n) is 6.07. The van der Waals surface area contributed by atoms with Crippen molar-refractivity contribution < 1.29 is 4.74 Å². The maximum Gasteiger partial charge on any atom is 0.0469 e. The van der Waals surface area contributed by atoms with Crippen molar-refractivity contribution in [2.24, 2.45) is 5.92 Å². The molecule has 0 bridgehead atoms. The lowest BCUT2D eigenvalue weighted by Crippen LogP contribution is -2.30. The van der Waals surface area contributed by atoms with Crippen LogP contribution < -0.4 is 10.2 Å². The smallest absolute Gasteiger partial charge is 0.0469 e. The summed E-state index contributed by atoms with van der Waals surface area (Å²) >= 11 is 0. The topological polar surface area (TPSA) is 37.4 Å². The first-order chi connectivity index (χ1) is 10.2. The Hall–Kier alpha value is -1.13. The number of nitrogens with zero attached hydrogens (tertiary/aromatic N) is 2. The molecule has 2 rings (SSSR count). The van der Waals surface area contributed by atoms with E-state index < -0.39 is 0 Å². The fourth-order valence-corrected chi connectivity index (χ4v) is 2.88. The third-order valence-corrected chi connectivity index (χ3v) is 4.13. The Morgan fingerprint density at radius 1 is 1.38 bits per heavy atom. The summed E-state index contributed by atoms with van der Waals surface area (Å²) in [4.78, 5) is 6.86. The fraction of sp³-hybridized carbons (Fsp3) is 0.706. The average Bonchev–Trinajstić information content (AvgIpc) is 2.50. The van der Waals surface area contributed by atoms with Gasteiger partial charge in [-0.25, -0.2) is 0 Å². The molecule has 1 aromatic rings. The van der Waals surface area contributed by atoms with Crippen LogP contribution in [0.3, 0.4) is 0 Å². The van der Waals surface area contributed by atoms with Crippen molar-refractivity contribution in [2.75, 3.05) is 38.3 Å². The lowest BCUT2D eigenvalue weighted by molar-refractivity contribution is 0.0685. The molecule has 0 radical (unpaired) electrons. The third kappa shape index (κ3) is 4.97. The summed E-state index contributed by atoms with van der Waals surface area (Å²) in [7, 11) is 2.20. The van der Waals surface area contributed by atoms with E-state index >= 15 is 0 Å². The zero-order chi connectivity index (χ0) is 15.1. The predicted molar refractivity (Wildman–Crippen MR) is 87.8 cm³/mol. The second kappa shape index (κ2) is 8.35. The molecule has 2 heterocycles. The molecule has 1 aliphatic heterocycles. The van der Waals surface area contributed by atoms with E-state index in [1.54, 1.807) is 0 Å². The largest absolute Gasteiger partial charge is 0.381 e. The van der Waals surface area contributed by atoms with Gasteiger partial charge >= 0.3 is 0 Å². The number of hydrogen-bond donors (Lipinski definition) is 1. The van der Waals surface area contributed by atoms with Crippen LogP contribution in [0.1, 0.15) is 37.4 Å². The van der Waals surface area contributed by atoms with E-state index in [-0.39, 0.29) is 0 Å². The van der Waals surface area contributed by atoms with Crippen LogP contribution in [-0.4, -0.2) is 38.3 Å². The summed E-state index contributed by atoms with van der Waals surface area (Å²) in [5.74, 6) is 0.744. The SMILES string of the molecule is CCCNCc1cnc(C)cc1N(C)CC1CCOCC1. The van der Waals surface area contributed by atoms with Crippen LogP contribution in [0.4, 0.5) is 5.69 Å². The van der Waals surface area contributed by atoms with Gasteiger partial charge in [0, 0.05) is 56.5 Å².